The number of anilines is 1. The first kappa shape index (κ1) is 16.8. The quantitative estimate of drug-likeness (QED) is 0.678. The Morgan fingerprint density at radius 2 is 1.43 bits per heavy atom. The van der Waals surface area contributed by atoms with Gasteiger partial charge in [0.05, 0.1) is 5.69 Å². The number of nitrogens with zero attached hydrogens (tertiary/aromatic N) is 1. The van der Waals surface area contributed by atoms with Crippen molar-refractivity contribution in [2.24, 2.45) is 0 Å². The van der Waals surface area contributed by atoms with Crippen LogP contribution in [-0.4, -0.2) is 11.2 Å². The number of hydrogen-bond acceptors (Lipinski definition) is 4. The van der Waals surface area contributed by atoms with Crippen molar-refractivity contribution < 1.29 is 9.13 Å². The van der Waals surface area contributed by atoms with Crippen LogP contribution in [0.5, 0.6) is 11.5 Å². The summed E-state index contributed by atoms with van der Waals surface area (Å²) in [5, 5.41) is 0. The average Bonchev–Trinajstić information content (AvgIpc) is 2.59. The van der Waals surface area contributed by atoms with Crippen molar-refractivity contribution in [3.63, 3.8) is 0 Å². The Bertz CT molecular complexity index is 746. The highest BCUT2D eigenvalue weighted by molar-refractivity contribution is 7.79. The maximum Gasteiger partial charge on any atom is 0.127 e. The van der Waals surface area contributed by atoms with Crippen LogP contribution in [0.2, 0.25) is 0 Å². The van der Waals surface area contributed by atoms with Gasteiger partial charge in [-0.3, -0.25) is 0 Å². The van der Waals surface area contributed by atoms with Gasteiger partial charge in [-0.05, 0) is 66.9 Å². The SMILES string of the molecule is CS.Nc1cccc(-c2ccc(Oc3ccc(F)cc3)cc2)n1. The number of rotatable bonds is 3. The molecule has 0 amide bonds. The summed E-state index contributed by atoms with van der Waals surface area (Å²) in [5.41, 5.74) is 7.43. The zero-order valence-corrected chi connectivity index (χ0v) is 13.5. The average molecular weight is 328 g/mol. The second kappa shape index (κ2) is 8.19. The van der Waals surface area contributed by atoms with Gasteiger partial charge in [0.25, 0.3) is 0 Å². The molecule has 1 aromatic heterocycles. The summed E-state index contributed by atoms with van der Waals surface area (Å²) in [5.74, 6) is 1.46. The van der Waals surface area contributed by atoms with Gasteiger partial charge < -0.3 is 10.5 Å². The first-order chi connectivity index (χ1) is 11.2. The number of hydrogen-bond donors (Lipinski definition) is 2. The van der Waals surface area contributed by atoms with Gasteiger partial charge in [-0.25, -0.2) is 9.37 Å². The van der Waals surface area contributed by atoms with Crippen LogP contribution >= 0.6 is 12.6 Å². The largest absolute Gasteiger partial charge is 0.457 e. The molecule has 0 unspecified atom stereocenters. The smallest absolute Gasteiger partial charge is 0.127 e. The molecule has 0 aliphatic heterocycles. The molecular weight excluding hydrogens is 311 g/mol. The number of ether oxygens (including phenoxy) is 1. The zero-order valence-electron chi connectivity index (χ0n) is 12.6. The Morgan fingerprint density at radius 3 is 2.00 bits per heavy atom. The van der Waals surface area contributed by atoms with E-state index in [4.69, 9.17) is 10.5 Å². The second-order valence-electron chi connectivity index (χ2n) is 4.53. The number of benzene rings is 2. The second-order valence-corrected chi connectivity index (χ2v) is 4.53. The molecule has 0 radical (unpaired) electrons. The van der Waals surface area contributed by atoms with E-state index >= 15 is 0 Å². The molecule has 2 aromatic carbocycles. The summed E-state index contributed by atoms with van der Waals surface area (Å²) in [7, 11) is 0. The highest BCUT2D eigenvalue weighted by Crippen LogP contribution is 2.25. The van der Waals surface area contributed by atoms with Crippen molar-refractivity contribution in [3.8, 4) is 22.8 Å². The lowest BCUT2D eigenvalue weighted by molar-refractivity contribution is 0.480. The molecule has 0 saturated heterocycles. The van der Waals surface area contributed by atoms with E-state index in [0.29, 0.717) is 17.3 Å². The van der Waals surface area contributed by atoms with Gasteiger partial charge in [-0.2, -0.15) is 12.6 Å². The third-order valence-corrected chi connectivity index (χ3v) is 2.97. The standard InChI is InChI=1S/C17H13FN2O.CH4S/c18-13-6-10-15(11-7-13)21-14-8-4-12(5-9-14)16-2-1-3-17(19)20-16;1-2/h1-11H,(H2,19,20);2H,1H3. The summed E-state index contributed by atoms with van der Waals surface area (Å²) in [6, 6.07) is 18.9. The molecule has 0 bridgehead atoms. The molecule has 118 valence electrons. The number of pyridine rings is 1. The van der Waals surface area contributed by atoms with Crippen molar-refractivity contribution in [1.29, 1.82) is 0 Å². The van der Waals surface area contributed by atoms with Gasteiger partial charge in [0, 0.05) is 5.56 Å². The van der Waals surface area contributed by atoms with E-state index in [1.165, 1.54) is 12.1 Å². The van der Waals surface area contributed by atoms with Crippen LogP contribution in [0.15, 0.2) is 66.7 Å². The number of nitrogens with two attached hydrogens (primary N) is 1. The molecule has 2 N–H and O–H groups in total. The topological polar surface area (TPSA) is 48.1 Å². The monoisotopic (exact) mass is 328 g/mol. The van der Waals surface area contributed by atoms with Crippen molar-refractivity contribution in [3.05, 3.63) is 72.5 Å². The predicted molar refractivity (Wildman–Crippen MR) is 95.5 cm³/mol. The molecule has 1 heterocycles. The maximum absolute atomic E-state index is 12.8. The fourth-order valence-corrected chi connectivity index (χ4v) is 1.94. The number of aromatic nitrogens is 1. The maximum atomic E-state index is 12.8. The first-order valence-electron chi connectivity index (χ1n) is 6.92. The summed E-state index contributed by atoms with van der Waals surface area (Å²) in [6.45, 7) is 0. The van der Waals surface area contributed by atoms with Crippen molar-refractivity contribution in [2.75, 3.05) is 12.0 Å². The highest BCUT2D eigenvalue weighted by atomic mass is 32.1. The van der Waals surface area contributed by atoms with Crippen molar-refractivity contribution in [1.82, 2.24) is 4.98 Å². The van der Waals surface area contributed by atoms with E-state index < -0.39 is 0 Å². The molecule has 0 atom stereocenters. The molecule has 0 fully saturated rings. The van der Waals surface area contributed by atoms with Crippen LogP contribution in [0.25, 0.3) is 11.3 Å². The predicted octanol–water partition coefficient (Wildman–Crippen LogP) is 4.81. The van der Waals surface area contributed by atoms with Crippen LogP contribution in [-0.2, 0) is 0 Å². The third-order valence-electron chi connectivity index (χ3n) is 2.97. The Balaban J connectivity index is 0.000000924. The molecule has 0 aliphatic rings. The van der Waals surface area contributed by atoms with E-state index in [1.807, 2.05) is 36.4 Å². The lowest BCUT2D eigenvalue weighted by Gasteiger charge is -2.07. The highest BCUT2D eigenvalue weighted by Gasteiger charge is 2.02. The van der Waals surface area contributed by atoms with Gasteiger partial charge in [0.2, 0.25) is 0 Å². The third kappa shape index (κ3) is 4.72. The van der Waals surface area contributed by atoms with Gasteiger partial charge >= 0.3 is 0 Å². The lowest BCUT2D eigenvalue weighted by atomic mass is 10.1. The fraction of sp³-hybridized carbons (Fsp3) is 0.0556. The molecule has 0 saturated carbocycles. The summed E-state index contributed by atoms with van der Waals surface area (Å²) in [4.78, 5) is 4.26. The van der Waals surface area contributed by atoms with Crippen LogP contribution in [0, 0.1) is 5.82 Å². The van der Waals surface area contributed by atoms with E-state index in [1.54, 1.807) is 24.5 Å². The molecule has 0 aliphatic carbocycles. The summed E-state index contributed by atoms with van der Waals surface area (Å²) >= 11 is 3.53. The molecular formula is C18H17FN2OS. The molecule has 3 aromatic rings. The van der Waals surface area contributed by atoms with E-state index in [9.17, 15) is 4.39 Å². The molecule has 3 nitrogen and oxygen atoms in total. The number of nitrogen functional groups attached to an aromatic ring is 1. The van der Waals surface area contributed by atoms with Crippen LogP contribution in [0.1, 0.15) is 0 Å². The first-order valence-corrected chi connectivity index (χ1v) is 7.81. The minimum absolute atomic E-state index is 0.287. The molecule has 5 heteroatoms. The Morgan fingerprint density at radius 1 is 0.870 bits per heavy atom. The fourth-order valence-electron chi connectivity index (χ4n) is 1.94. The number of thiol groups is 1. The summed E-state index contributed by atoms with van der Waals surface area (Å²) in [6.07, 6.45) is 1.69. The van der Waals surface area contributed by atoms with E-state index in [0.717, 1.165) is 11.3 Å². The zero-order chi connectivity index (χ0) is 16.7. The summed E-state index contributed by atoms with van der Waals surface area (Å²) < 4.78 is 18.5. The van der Waals surface area contributed by atoms with Gasteiger partial charge in [-0.1, -0.05) is 6.07 Å². The van der Waals surface area contributed by atoms with E-state index in [2.05, 4.69) is 17.6 Å². The lowest BCUT2D eigenvalue weighted by Crippen LogP contribution is -1.91. The minimum Gasteiger partial charge on any atom is -0.457 e. The van der Waals surface area contributed by atoms with Crippen LogP contribution in [0.4, 0.5) is 10.2 Å². The Hall–Kier alpha value is -2.53. The minimum atomic E-state index is -0.287. The van der Waals surface area contributed by atoms with E-state index in [-0.39, 0.29) is 5.82 Å². The van der Waals surface area contributed by atoms with Gasteiger partial charge in [0.15, 0.2) is 0 Å². The Labute approximate surface area is 140 Å². The molecule has 23 heavy (non-hydrogen) atoms. The van der Waals surface area contributed by atoms with Crippen molar-refractivity contribution in [2.45, 2.75) is 0 Å². The van der Waals surface area contributed by atoms with Crippen LogP contribution < -0.4 is 10.5 Å². The Kier molecular flexibility index (Phi) is 6.00. The van der Waals surface area contributed by atoms with Gasteiger partial charge in [0.1, 0.15) is 23.1 Å². The van der Waals surface area contributed by atoms with Crippen LogP contribution in [0.3, 0.4) is 0 Å². The number of halogens is 1. The van der Waals surface area contributed by atoms with Gasteiger partial charge in [-0.15, -0.1) is 0 Å². The van der Waals surface area contributed by atoms with Crippen molar-refractivity contribution >= 4 is 18.4 Å². The molecule has 3 rings (SSSR count). The normalized spacial score (nSPS) is 9.70. The molecule has 0 spiro atoms.